The van der Waals surface area contributed by atoms with E-state index in [-0.39, 0.29) is 29.0 Å². The van der Waals surface area contributed by atoms with Crippen LogP contribution in [0.3, 0.4) is 0 Å². The Morgan fingerprint density at radius 3 is 2.40 bits per heavy atom. The van der Waals surface area contributed by atoms with E-state index >= 15 is 0 Å². The van der Waals surface area contributed by atoms with E-state index in [0.29, 0.717) is 44.6 Å². The van der Waals surface area contributed by atoms with Gasteiger partial charge >= 0.3 is 6.09 Å². The highest BCUT2D eigenvalue weighted by Gasteiger charge is 2.31. The maximum atomic E-state index is 12.7. The van der Waals surface area contributed by atoms with Crippen LogP contribution in [-0.2, 0) is 19.6 Å². The van der Waals surface area contributed by atoms with Gasteiger partial charge in [-0.05, 0) is 58.2 Å². The van der Waals surface area contributed by atoms with Crippen LogP contribution in [0, 0.1) is 5.92 Å². The number of carbonyl (C=O) groups is 2. The molecule has 2 amide bonds. The van der Waals surface area contributed by atoms with Crippen molar-refractivity contribution >= 4 is 33.4 Å². The Labute approximate surface area is 177 Å². The van der Waals surface area contributed by atoms with E-state index in [1.54, 1.807) is 25.7 Å². The number of ether oxygens (including phenoxy) is 1. The van der Waals surface area contributed by atoms with Crippen LogP contribution < -0.4 is 9.62 Å². The molecule has 2 fully saturated rings. The number of likely N-dealkylation sites (tertiary alicyclic amines) is 1. The van der Waals surface area contributed by atoms with Gasteiger partial charge in [0.25, 0.3) is 0 Å². The van der Waals surface area contributed by atoms with Crippen LogP contribution in [0.15, 0.2) is 18.2 Å². The molecule has 2 saturated heterocycles. The Bertz CT molecular complexity index is 917. The zero-order valence-corrected chi connectivity index (χ0v) is 18.4. The number of carbonyl (C=O) groups excluding carboxylic acids is 2. The van der Waals surface area contributed by atoms with Crippen LogP contribution in [-0.4, -0.2) is 61.4 Å². The molecule has 30 heavy (non-hydrogen) atoms. The maximum absolute atomic E-state index is 12.7. The van der Waals surface area contributed by atoms with Gasteiger partial charge in [-0.3, -0.25) is 9.10 Å². The van der Waals surface area contributed by atoms with Crippen molar-refractivity contribution in [1.82, 2.24) is 4.90 Å². The molecule has 2 aliphatic rings. The van der Waals surface area contributed by atoms with Crippen LogP contribution in [0.4, 0.5) is 16.2 Å². The molecule has 0 unspecified atom stereocenters. The number of aromatic hydroxyl groups is 1. The van der Waals surface area contributed by atoms with Gasteiger partial charge in [-0.2, -0.15) is 0 Å². The van der Waals surface area contributed by atoms with Gasteiger partial charge in [-0.1, -0.05) is 0 Å². The molecule has 1 aromatic rings. The van der Waals surface area contributed by atoms with Crippen molar-refractivity contribution in [2.75, 3.05) is 35.0 Å². The zero-order valence-electron chi connectivity index (χ0n) is 17.6. The van der Waals surface area contributed by atoms with Gasteiger partial charge in [0.05, 0.1) is 17.1 Å². The first-order valence-electron chi connectivity index (χ1n) is 10.1. The number of piperidine rings is 1. The summed E-state index contributed by atoms with van der Waals surface area (Å²) in [6.45, 7) is 6.61. The summed E-state index contributed by atoms with van der Waals surface area (Å²) in [7, 11) is -3.36. The predicted molar refractivity (Wildman–Crippen MR) is 113 cm³/mol. The lowest BCUT2D eigenvalue weighted by Gasteiger charge is -2.33. The Balaban J connectivity index is 1.62. The zero-order chi connectivity index (χ0) is 22.1. The summed E-state index contributed by atoms with van der Waals surface area (Å²) in [5, 5.41) is 12.8. The lowest BCUT2D eigenvalue weighted by molar-refractivity contribution is -0.121. The number of anilines is 2. The van der Waals surface area contributed by atoms with Crippen molar-refractivity contribution < 1.29 is 27.9 Å². The van der Waals surface area contributed by atoms with Gasteiger partial charge in [0.2, 0.25) is 15.9 Å². The van der Waals surface area contributed by atoms with Crippen molar-refractivity contribution in [2.45, 2.75) is 45.6 Å². The number of nitrogens with zero attached hydrogens (tertiary/aromatic N) is 2. The Kier molecular flexibility index (Phi) is 6.16. The SMILES string of the molecule is CC(C)(C)OC(=O)N1CCC(C(=O)Nc2cc(N3CCCS3(=O)=O)ccc2O)CC1. The molecule has 2 heterocycles. The summed E-state index contributed by atoms with van der Waals surface area (Å²) in [4.78, 5) is 26.4. The monoisotopic (exact) mass is 439 g/mol. The molecule has 0 aromatic heterocycles. The standard InChI is InChI=1S/C20H29N3O6S/c1-20(2,3)29-19(26)22-10-7-14(8-11-22)18(25)21-16-13-15(5-6-17(16)24)23-9-4-12-30(23,27)28/h5-6,13-14,24H,4,7-12H2,1-3H3,(H,21,25). The third-order valence-corrected chi connectivity index (χ3v) is 7.01. The van der Waals surface area contributed by atoms with Crippen LogP contribution >= 0.6 is 0 Å². The summed E-state index contributed by atoms with van der Waals surface area (Å²) in [6, 6.07) is 4.38. The maximum Gasteiger partial charge on any atom is 0.410 e. The smallest absolute Gasteiger partial charge is 0.410 e. The number of phenolic OH excluding ortho intramolecular Hbond substituents is 1. The van der Waals surface area contributed by atoms with Gasteiger partial charge in [-0.15, -0.1) is 0 Å². The molecule has 0 atom stereocenters. The van der Waals surface area contributed by atoms with Gasteiger partial charge in [0.15, 0.2) is 0 Å². The molecular weight excluding hydrogens is 410 g/mol. The lowest BCUT2D eigenvalue weighted by Crippen LogP contribution is -2.43. The molecule has 0 saturated carbocycles. The fourth-order valence-electron chi connectivity index (χ4n) is 3.59. The number of nitrogens with one attached hydrogen (secondary N) is 1. The second-order valence-corrected chi connectivity index (χ2v) is 10.7. The number of amides is 2. The number of phenols is 1. The molecule has 0 bridgehead atoms. The quantitative estimate of drug-likeness (QED) is 0.699. The predicted octanol–water partition coefficient (Wildman–Crippen LogP) is 2.52. The summed E-state index contributed by atoms with van der Waals surface area (Å²) in [6.07, 6.45) is 1.11. The van der Waals surface area contributed by atoms with E-state index < -0.39 is 21.7 Å². The fourth-order valence-corrected chi connectivity index (χ4v) is 5.15. The Hall–Kier alpha value is -2.49. The topological polar surface area (TPSA) is 116 Å². The minimum Gasteiger partial charge on any atom is -0.506 e. The first kappa shape index (κ1) is 22.2. The first-order valence-corrected chi connectivity index (χ1v) is 11.7. The van der Waals surface area contributed by atoms with E-state index in [1.807, 2.05) is 0 Å². The van der Waals surface area contributed by atoms with Crippen molar-refractivity contribution in [2.24, 2.45) is 5.92 Å². The molecular formula is C20H29N3O6S. The normalized spacial score (nSPS) is 19.6. The van der Waals surface area contributed by atoms with Crippen LogP contribution in [0.2, 0.25) is 0 Å². The van der Waals surface area contributed by atoms with Gasteiger partial charge in [-0.25, -0.2) is 13.2 Å². The van der Waals surface area contributed by atoms with Crippen molar-refractivity contribution in [3.8, 4) is 5.75 Å². The third-order valence-electron chi connectivity index (χ3n) is 5.14. The summed E-state index contributed by atoms with van der Waals surface area (Å²) < 4.78 is 30.9. The fraction of sp³-hybridized carbons (Fsp3) is 0.600. The highest BCUT2D eigenvalue weighted by molar-refractivity contribution is 7.93. The van der Waals surface area contributed by atoms with E-state index in [9.17, 15) is 23.1 Å². The molecule has 10 heteroatoms. The van der Waals surface area contributed by atoms with Crippen LogP contribution in [0.25, 0.3) is 0 Å². The van der Waals surface area contributed by atoms with E-state index in [4.69, 9.17) is 4.74 Å². The molecule has 1 aromatic carbocycles. The van der Waals surface area contributed by atoms with Crippen molar-refractivity contribution in [3.63, 3.8) is 0 Å². The number of benzene rings is 1. The van der Waals surface area contributed by atoms with E-state index in [2.05, 4.69) is 5.32 Å². The highest BCUT2D eigenvalue weighted by Crippen LogP contribution is 2.33. The second kappa shape index (κ2) is 8.33. The molecule has 0 radical (unpaired) electrons. The van der Waals surface area contributed by atoms with E-state index in [0.717, 1.165) is 0 Å². The third kappa shape index (κ3) is 5.16. The molecule has 2 aliphatic heterocycles. The second-order valence-electron chi connectivity index (χ2n) is 8.67. The molecule has 3 rings (SSSR count). The number of hydrogen-bond acceptors (Lipinski definition) is 6. The molecule has 166 valence electrons. The number of rotatable bonds is 3. The van der Waals surface area contributed by atoms with Gasteiger partial charge < -0.3 is 20.1 Å². The number of sulfonamides is 1. The first-order chi connectivity index (χ1) is 14.0. The molecule has 9 nitrogen and oxygen atoms in total. The van der Waals surface area contributed by atoms with Gasteiger partial charge in [0, 0.05) is 25.6 Å². The highest BCUT2D eigenvalue weighted by atomic mass is 32.2. The molecule has 0 spiro atoms. The summed E-state index contributed by atoms with van der Waals surface area (Å²) in [5.74, 6) is -0.626. The summed E-state index contributed by atoms with van der Waals surface area (Å²) in [5.41, 5.74) is 0.0194. The average Bonchev–Trinajstić information content (AvgIpc) is 3.01. The lowest BCUT2D eigenvalue weighted by atomic mass is 9.96. The average molecular weight is 440 g/mol. The van der Waals surface area contributed by atoms with E-state index in [1.165, 1.54) is 22.5 Å². The van der Waals surface area contributed by atoms with Crippen molar-refractivity contribution in [3.05, 3.63) is 18.2 Å². The molecule has 0 aliphatic carbocycles. The minimum atomic E-state index is -3.36. The van der Waals surface area contributed by atoms with Crippen molar-refractivity contribution in [1.29, 1.82) is 0 Å². The Morgan fingerprint density at radius 2 is 1.83 bits per heavy atom. The van der Waals surface area contributed by atoms with Gasteiger partial charge in [0.1, 0.15) is 11.4 Å². The van der Waals surface area contributed by atoms with Crippen LogP contribution in [0.5, 0.6) is 5.75 Å². The largest absolute Gasteiger partial charge is 0.506 e. The number of hydrogen-bond donors (Lipinski definition) is 2. The minimum absolute atomic E-state index is 0.0891. The van der Waals surface area contributed by atoms with Crippen LogP contribution in [0.1, 0.15) is 40.0 Å². The summed E-state index contributed by atoms with van der Waals surface area (Å²) >= 11 is 0. The molecule has 2 N–H and O–H groups in total. The Morgan fingerprint density at radius 1 is 1.17 bits per heavy atom.